The van der Waals surface area contributed by atoms with Gasteiger partial charge in [0.1, 0.15) is 6.17 Å². The van der Waals surface area contributed by atoms with E-state index in [9.17, 15) is 9.50 Å². The van der Waals surface area contributed by atoms with E-state index in [1.807, 2.05) is 0 Å². The molecule has 0 aromatic heterocycles. The predicted molar refractivity (Wildman–Crippen MR) is 43.3 cm³/mol. The van der Waals surface area contributed by atoms with Gasteiger partial charge in [0.15, 0.2) is 0 Å². The SMILES string of the molecule is O[C@@H]1C2CC3CC(C2)[C@@H](F)C1C3. The number of halogens is 1. The first-order valence-electron chi connectivity index (χ1n) is 5.08. The van der Waals surface area contributed by atoms with Gasteiger partial charge in [0, 0.05) is 5.92 Å². The summed E-state index contributed by atoms with van der Waals surface area (Å²) in [5, 5.41) is 9.76. The van der Waals surface area contributed by atoms with Gasteiger partial charge in [-0.15, -0.1) is 0 Å². The van der Waals surface area contributed by atoms with Crippen molar-refractivity contribution in [1.29, 1.82) is 0 Å². The molecule has 4 saturated carbocycles. The van der Waals surface area contributed by atoms with Crippen LogP contribution in [0.15, 0.2) is 0 Å². The van der Waals surface area contributed by atoms with E-state index >= 15 is 0 Å². The van der Waals surface area contributed by atoms with Crippen LogP contribution in [0.4, 0.5) is 4.39 Å². The molecule has 4 bridgehead atoms. The Balaban J connectivity index is 1.93. The van der Waals surface area contributed by atoms with Crippen LogP contribution in [-0.4, -0.2) is 17.4 Å². The first-order valence-corrected chi connectivity index (χ1v) is 5.08. The molecule has 4 aliphatic rings. The van der Waals surface area contributed by atoms with E-state index in [0.29, 0.717) is 11.8 Å². The summed E-state index contributed by atoms with van der Waals surface area (Å²) in [6.45, 7) is 0. The molecule has 0 aromatic rings. The van der Waals surface area contributed by atoms with E-state index in [-0.39, 0.29) is 12.0 Å². The average molecular weight is 170 g/mol. The number of aliphatic hydroxyl groups excluding tert-OH is 1. The molecule has 0 aliphatic heterocycles. The lowest BCUT2D eigenvalue weighted by Gasteiger charge is -2.54. The monoisotopic (exact) mass is 170 g/mol. The minimum absolute atomic E-state index is 0.00116. The van der Waals surface area contributed by atoms with Gasteiger partial charge in [-0.3, -0.25) is 0 Å². The lowest BCUT2D eigenvalue weighted by Crippen LogP contribution is -2.54. The Labute approximate surface area is 72.0 Å². The highest BCUT2D eigenvalue weighted by atomic mass is 19.1. The third-order valence-electron chi connectivity index (χ3n) is 4.26. The van der Waals surface area contributed by atoms with Gasteiger partial charge in [-0.2, -0.15) is 0 Å². The van der Waals surface area contributed by atoms with Crippen molar-refractivity contribution in [1.82, 2.24) is 0 Å². The van der Waals surface area contributed by atoms with Gasteiger partial charge in [0.25, 0.3) is 0 Å². The molecule has 2 heteroatoms. The number of alkyl halides is 1. The lowest BCUT2D eigenvalue weighted by atomic mass is 9.54. The smallest absolute Gasteiger partial charge is 0.108 e. The van der Waals surface area contributed by atoms with Crippen molar-refractivity contribution in [2.75, 3.05) is 0 Å². The summed E-state index contributed by atoms with van der Waals surface area (Å²) in [5.74, 6) is 1.49. The normalized spacial score (nSPS) is 62.5. The minimum atomic E-state index is -0.687. The minimum Gasteiger partial charge on any atom is -0.392 e. The fourth-order valence-corrected chi connectivity index (χ4v) is 3.81. The van der Waals surface area contributed by atoms with Crippen LogP contribution in [0.5, 0.6) is 0 Å². The van der Waals surface area contributed by atoms with Crippen molar-refractivity contribution < 1.29 is 9.50 Å². The Bertz CT molecular complexity index is 188. The molecule has 0 amide bonds. The summed E-state index contributed by atoms with van der Waals surface area (Å²) in [7, 11) is 0. The van der Waals surface area contributed by atoms with Crippen LogP contribution in [0.25, 0.3) is 0 Å². The molecular formula is C10H15FO. The topological polar surface area (TPSA) is 20.2 Å². The second kappa shape index (κ2) is 2.22. The molecule has 4 rings (SSSR count). The lowest BCUT2D eigenvalue weighted by molar-refractivity contribution is -0.136. The van der Waals surface area contributed by atoms with Gasteiger partial charge in [0.05, 0.1) is 6.10 Å². The quantitative estimate of drug-likeness (QED) is 0.587. The number of rotatable bonds is 0. The van der Waals surface area contributed by atoms with Gasteiger partial charge in [-0.25, -0.2) is 4.39 Å². The van der Waals surface area contributed by atoms with Crippen LogP contribution >= 0.6 is 0 Å². The Morgan fingerprint density at radius 2 is 1.75 bits per heavy atom. The molecule has 4 aliphatic carbocycles. The molecular weight excluding hydrogens is 155 g/mol. The molecule has 4 unspecified atom stereocenters. The summed E-state index contributed by atoms with van der Waals surface area (Å²) < 4.78 is 13.6. The maximum absolute atomic E-state index is 13.6. The highest BCUT2D eigenvalue weighted by Gasteiger charge is 2.53. The van der Waals surface area contributed by atoms with Crippen molar-refractivity contribution >= 4 is 0 Å². The summed E-state index contributed by atoms with van der Waals surface area (Å²) >= 11 is 0. The van der Waals surface area contributed by atoms with E-state index in [1.54, 1.807) is 0 Å². The molecule has 1 nitrogen and oxygen atoms in total. The third-order valence-corrected chi connectivity index (χ3v) is 4.26. The predicted octanol–water partition coefficient (Wildman–Crippen LogP) is 1.75. The van der Waals surface area contributed by atoms with E-state index in [0.717, 1.165) is 25.2 Å². The third kappa shape index (κ3) is 0.769. The van der Waals surface area contributed by atoms with Gasteiger partial charge >= 0.3 is 0 Å². The molecule has 0 radical (unpaired) electrons. The largest absolute Gasteiger partial charge is 0.392 e. The van der Waals surface area contributed by atoms with E-state index in [2.05, 4.69) is 0 Å². The molecule has 6 atom stereocenters. The van der Waals surface area contributed by atoms with Crippen LogP contribution in [-0.2, 0) is 0 Å². The van der Waals surface area contributed by atoms with Gasteiger partial charge in [-0.05, 0) is 43.4 Å². The summed E-state index contributed by atoms with van der Waals surface area (Å²) in [5.41, 5.74) is 0. The van der Waals surface area contributed by atoms with Crippen LogP contribution in [0.1, 0.15) is 25.7 Å². The molecule has 0 aromatic carbocycles. The molecule has 0 spiro atoms. The zero-order valence-electron chi connectivity index (χ0n) is 7.12. The number of hydrogen-bond acceptors (Lipinski definition) is 1. The van der Waals surface area contributed by atoms with Crippen molar-refractivity contribution in [3.63, 3.8) is 0 Å². The van der Waals surface area contributed by atoms with Crippen LogP contribution in [0.3, 0.4) is 0 Å². The van der Waals surface area contributed by atoms with Crippen LogP contribution in [0, 0.1) is 23.7 Å². The standard InChI is InChI=1S/C10H15FO/c11-9-6-1-5-2-7(4-6)10(12)8(9)3-5/h5-10,12H,1-4H2/t5?,6?,7?,8?,9-,10-/m1/s1. The van der Waals surface area contributed by atoms with Gasteiger partial charge in [0.2, 0.25) is 0 Å². The molecule has 12 heavy (non-hydrogen) atoms. The Hall–Kier alpha value is -0.110. The van der Waals surface area contributed by atoms with Gasteiger partial charge < -0.3 is 5.11 Å². The fourth-order valence-electron chi connectivity index (χ4n) is 3.81. The van der Waals surface area contributed by atoms with Crippen molar-refractivity contribution in [3.05, 3.63) is 0 Å². The molecule has 1 N–H and O–H groups in total. The molecule has 0 heterocycles. The van der Waals surface area contributed by atoms with E-state index in [4.69, 9.17) is 0 Å². The molecule has 68 valence electrons. The Morgan fingerprint density at radius 3 is 2.58 bits per heavy atom. The zero-order chi connectivity index (χ0) is 8.29. The second-order valence-electron chi connectivity index (χ2n) is 4.93. The first-order chi connectivity index (χ1) is 5.75. The second-order valence-corrected chi connectivity index (χ2v) is 4.93. The maximum Gasteiger partial charge on any atom is 0.108 e. The number of aliphatic hydroxyl groups is 1. The van der Waals surface area contributed by atoms with Crippen molar-refractivity contribution in [2.45, 2.75) is 38.0 Å². The fraction of sp³-hybridized carbons (Fsp3) is 1.00. The first kappa shape index (κ1) is 7.31. The maximum atomic E-state index is 13.6. The number of hydrogen-bond donors (Lipinski definition) is 1. The van der Waals surface area contributed by atoms with Crippen LogP contribution < -0.4 is 0 Å². The Morgan fingerprint density at radius 1 is 1.00 bits per heavy atom. The Kier molecular flexibility index (Phi) is 1.35. The van der Waals surface area contributed by atoms with Crippen molar-refractivity contribution in [3.8, 4) is 0 Å². The highest BCUT2D eigenvalue weighted by Crippen LogP contribution is 2.54. The average Bonchev–Trinajstić information content (AvgIpc) is 2.07. The summed E-state index contributed by atoms with van der Waals surface area (Å²) in [4.78, 5) is 0. The van der Waals surface area contributed by atoms with Crippen molar-refractivity contribution in [2.24, 2.45) is 23.7 Å². The highest BCUT2D eigenvalue weighted by molar-refractivity contribution is 5.02. The van der Waals surface area contributed by atoms with E-state index in [1.165, 1.54) is 6.42 Å². The van der Waals surface area contributed by atoms with Gasteiger partial charge in [-0.1, -0.05) is 0 Å². The zero-order valence-corrected chi connectivity index (χ0v) is 7.12. The molecule has 4 fully saturated rings. The summed E-state index contributed by atoms with van der Waals surface area (Å²) in [6, 6.07) is 0. The van der Waals surface area contributed by atoms with E-state index < -0.39 is 6.17 Å². The molecule has 0 saturated heterocycles. The summed E-state index contributed by atoms with van der Waals surface area (Å²) in [6.07, 6.45) is 3.17. The van der Waals surface area contributed by atoms with Crippen LogP contribution in [0.2, 0.25) is 0 Å².